The van der Waals surface area contributed by atoms with E-state index in [1.165, 1.54) is 0 Å². The van der Waals surface area contributed by atoms with Gasteiger partial charge in [-0.15, -0.1) is 0 Å². The molecule has 4 heteroatoms. The molecule has 0 aliphatic heterocycles. The van der Waals surface area contributed by atoms with Gasteiger partial charge in [0.2, 0.25) is 0 Å². The van der Waals surface area contributed by atoms with Gasteiger partial charge in [-0.3, -0.25) is 0 Å². The molecule has 0 radical (unpaired) electrons. The van der Waals surface area contributed by atoms with Gasteiger partial charge in [-0.05, 0) is 54.9 Å². The molecule has 1 N–H and O–H groups in total. The molecular formula is C17H19BrClNO. The molecule has 1 unspecified atom stereocenters. The van der Waals surface area contributed by atoms with Crippen LogP contribution in [0.15, 0.2) is 46.9 Å². The standard InChI is InChI=1S/C17H19BrClNO/c1-3-20-17(15-11-13(18)8-9-16(15)19)12-6-5-7-14(10-12)21-4-2/h5-11,17,20H,3-4H2,1-2H3. The van der Waals surface area contributed by atoms with Crippen LogP contribution in [-0.2, 0) is 0 Å². The summed E-state index contributed by atoms with van der Waals surface area (Å²) in [6.07, 6.45) is 0. The van der Waals surface area contributed by atoms with Crippen LogP contribution in [0.5, 0.6) is 5.75 Å². The van der Waals surface area contributed by atoms with E-state index in [-0.39, 0.29) is 6.04 Å². The van der Waals surface area contributed by atoms with Crippen molar-refractivity contribution < 1.29 is 4.74 Å². The molecule has 2 nitrogen and oxygen atoms in total. The molecule has 0 saturated carbocycles. The van der Waals surface area contributed by atoms with Crippen molar-refractivity contribution in [1.82, 2.24) is 5.32 Å². The minimum absolute atomic E-state index is 0.0420. The lowest BCUT2D eigenvalue weighted by Gasteiger charge is -2.21. The van der Waals surface area contributed by atoms with Gasteiger partial charge in [-0.1, -0.05) is 46.6 Å². The normalized spacial score (nSPS) is 12.2. The molecule has 2 aromatic carbocycles. The summed E-state index contributed by atoms with van der Waals surface area (Å²) in [5.41, 5.74) is 2.20. The Morgan fingerprint density at radius 3 is 2.71 bits per heavy atom. The van der Waals surface area contributed by atoms with Gasteiger partial charge in [0.05, 0.1) is 12.6 Å². The largest absolute Gasteiger partial charge is 0.494 e. The highest BCUT2D eigenvalue weighted by Crippen LogP contribution is 2.32. The minimum atomic E-state index is 0.0420. The van der Waals surface area contributed by atoms with Gasteiger partial charge in [0.1, 0.15) is 5.75 Å². The van der Waals surface area contributed by atoms with E-state index < -0.39 is 0 Å². The smallest absolute Gasteiger partial charge is 0.119 e. The predicted molar refractivity (Wildman–Crippen MR) is 92.3 cm³/mol. The van der Waals surface area contributed by atoms with Crippen LogP contribution in [0.3, 0.4) is 0 Å². The summed E-state index contributed by atoms with van der Waals surface area (Å²) in [6.45, 7) is 5.59. The van der Waals surface area contributed by atoms with Gasteiger partial charge in [0.25, 0.3) is 0 Å². The minimum Gasteiger partial charge on any atom is -0.494 e. The molecule has 0 heterocycles. The molecule has 0 aromatic heterocycles. The number of nitrogens with one attached hydrogen (secondary N) is 1. The van der Waals surface area contributed by atoms with E-state index >= 15 is 0 Å². The molecule has 21 heavy (non-hydrogen) atoms. The average molecular weight is 369 g/mol. The summed E-state index contributed by atoms with van der Waals surface area (Å²) in [5, 5.41) is 4.25. The molecule has 1 atom stereocenters. The number of benzene rings is 2. The number of hydrogen-bond donors (Lipinski definition) is 1. The maximum Gasteiger partial charge on any atom is 0.119 e. The molecular weight excluding hydrogens is 350 g/mol. The van der Waals surface area contributed by atoms with Gasteiger partial charge in [0, 0.05) is 9.50 Å². The number of halogens is 2. The first-order valence-corrected chi connectivity index (χ1v) is 8.23. The lowest BCUT2D eigenvalue weighted by Crippen LogP contribution is -2.22. The van der Waals surface area contributed by atoms with Gasteiger partial charge in [-0.2, -0.15) is 0 Å². The van der Waals surface area contributed by atoms with Crippen LogP contribution in [0.25, 0.3) is 0 Å². The first-order chi connectivity index (χ1) is 10.2. The highest BCUT2D eigenvalue weighted by atomic mass is 79.9. The van der Waals surface area contributed by atoms with E-state index in [4.69, 9.17) is 16.3 Å². The van der Waals surface area contributed by atoms with Crippen LogP contribution in [0.1, 0.15) is 31.0 Å². The maximum absolute atomic E-state index is 6.39. The van der Waals surface area contributed by atoms with Crippen molar-refractivity contribution in [1.29, 1.82) is 0 Å². The Hall–Kier alpha value is -1.03. The predicted octanol–water partition coefficient (Wildman–Crippen LogP) is 5.20. The zero-order chi connectivity index (χ0) is 15.2. The zero-order valence-corrected chi connectivity index (χ0v) is 14.5. The molecule has 2 rings (SSSR count). The topological polar surface area (TPSA) is 21.3 Å². The lowest BCUT2D eigenvalue weighted by molar-refractivity contribution is 0.339. The third-order valence-corrected chi connectivity index (χ3v) is 4.02. The number of hydrogen-bond acceptors (Lipinski definition) is 2. The fourth-order valence-electron chi connectivity index (χ4n) is 2.30. The summed E-state index contributed by atoms with van der Waals surface area (Å²) < 4.78 is 6.61. The average Bonchev–Trinajstić information content (AvgIpc) is 2.48. The molecule has 0 bridgehead atoms. The van der Waals surface area contributed by atoms with Gasteiger partial charge in [-0.25, -0.2) is 0 Å². The Balaban J connectivity index is 2.42. The second-order valence-electron chi connectivity index (χ2n) is 4.66. The van der Waals surface area contributed by atoms with Gasteiger partial charge in [0.15, 0.2) is 0 Å². The Morgan fingerprint density at radius 2 is 2.00 bits per heavy atom. The third-order valence-electron chi connectivity index (χ3n) is 3.18. The molecule has 0 saturated heterocycles. The second-order valence-corrected chi connectivity index (χ2v) is 5.98. The fraction of sp³-hybridized carbons (Fsp3) is 0.294. The van der Waals surface area contributed by atoms with Crippen molar-refractivity contribution in [3.05, 3.63) is 63.1 Å². The van der Waals surface area contributed by atoms with Crippen LogP contribution >= 0.6 is 27.5 Å². The Labute approximate surface area is 139 Å². The molecule has 112 valence electrons. The maximum atomic E-state index is 6.39. The van der Waals surface area contributed by atoms with Crippen LogP contribution < -0.4 is 10.1 Å². The molecule has 0 amide bonds. The molecule has 0 fully saturated rings. The molecule has 0 spiro atoms. The highest BCUT2D eigenvalue weighted by molar-refractivity contribution is 9.10. The number of ether oxygens (including phenoxy) is 1. The van der Waals surface area contributed by atoms with Crippen LogP contribution in [-0.4, -0.2) is 13.2 Å². The van der Waals surface area contributed by atoms with E-state index in [2.05, 4.69) is 46.4 Å². The fourth-order valence-corrected chi connectivity index (χ4v) is 2.90. The van der Waals surface area contributed by atoms with Crippen molar-refractivity contribution in [2.45, 2.75) is 19.9 Å². The Kier molecular flexibility index (Phi) is 6.09. The summed E-state index contributed by atoms with van der Waals surface area (Å²) in [4.78, 5) is 0. The lowest BCUT2D eigenvalue weighted by atomic mass is 9.98. The van der Waals surface area contributed by atoms with E-state index in [0.29, 0.717) is 6.61 Å². The second kappa shape index (κ2) is 7.83. The molecule has 0 aliphatic carbocycles. The van der Waals surface area contributed by atoms with E-state index in [9.17, 15) is 0 Å². The summed E-state index contributed by atoms with van der Waals surface area (Å²) in [5.74, 6) is 0.879. The third kappa shape index (κ3) is 4.22. The van der Waals surface area contributed by atoms with Crippen molar-refractivity contribution in [3.63, 3.8) is 0 Å². The molecule has 2 aromatic rings. The number of rotatable bonds is 6. The molecule has 0 aliphatic rings. The zero-order valence-electron chi connectivity index (χ0n) is 12.2. The first kappa shape index (κ1) is 16.3. The van der Waals surface area contributed by atoms with Crippen molar-refractivity contribution in [2.24, 2.45) is 0 Å². The van der Waals surface area contributed by atoms with Gasteiger partial charge < -0.3 is 10.1 Å². The van der Waals surface area contributed by atoms with E-state index in [1.807, 2.05) is 31.2 Å². The first-order valence-electron chi connectivity index (χ1n) is 7.06. The summed E-state index contributed by atoms with van der Waals surface area (Å²) in [7, 11) is 0. The quantitative estimate of drug-likeness (QED) is 0.756. The van der Waals surface area contributed by atoms with Crippen molar-refractivity contribution in [3.8, 4) is 5.75 Å². The monoisotopic (exact) mass is 367 g/mol. The van der Waals surface area contributed by atoms with E-state index in [1.54, 1.807) is 0 Å². The summed E-state index contributed by atoms with van der Waals surface area (Å²) in [6, 6.07) is 14.1. The van der Waals surface area contributed by atoms with Crippen LogP contribution in [0.4, 0.5) is 0 Å². The Bertz CT molecular complexity index is 603. The van der Waals surface area contributed by atoms with Crippen molar-refractivity contribution >= 4 is 27.5 Å². The van der Waals surface area contributed by atoms with Crippen molar-refractivity contribution in [2.75, 3.05) is 13.2 Å². The Morgan fingerprint density at radius 1 is 1.19 bits per heavy atom. The summed E-state index contributed by atoms with van der Waals surface area (Å²) >= 11 is 9.90. The van der Waals surface area contributed by atoms with E-state index in [0.717, 1.165) is 32.9 Å². The SMILES string of the molecule is CCNC(c1cccc(OCC)c1)c1cc(Br)ccc1Cl. The van der Waals surface area contributed by atoms with Crippen LogP contribution in [0, 0.1) is 0 Å². The highest BCUT2D eigenvalue weighted by Gasteiger charge is 2.17. The van der Waals surface area contributed by atoms with Gasteiger partial charge >= 0.3 is 0 Å². The van der Waals surface area contributed by atoms with Crippen LogP contribution in [0.2, 0.25) is 5.02 Å².